The normalized spacial score (nSPS) is 15.2. The second-order valence-electron chi connectivity index (χ2n) is 7.91. The predicted molar refractivity (Wildman–Crippen MR) is 129 cm³/mol. The van der Waals surface area contributed by atoms with E-state index in [2.05, 4.69) is 37.2 Å². The molecule has 1 saturated carbocycles. The van der Waals surface area contributed by atoms with Crippen LogP contribution >= 0.6 is 31.9 Å². The summed E-state index contributed by atoms with van der Waals surface area (Å²) in [5.41, 5.74) is 0.948. The molecule has 2 aromatic rings. The second-order valence-corrected chi connectivity index (χ2v) is 9.75. The predicted octanol–water partition coefficient (Wildman–Crippen LogP) is 5.46. The molecule has 0 radical (unpaired) electrons. The van der Waals surface area contributed by atoms with Crippen LogP contribution in [-0.4, -0.2) is 35.4 Å². The third-order valence-corrected chi connectivity index (χ3v) is 6.56. The lowest BCUT2D eigenvalue weighted by Crippen LogP contribution is -2.51. The van der Waals surface area contributed by atoms with Gasteiger partial charge in [-0.05, 0) is 61.7 Å². The summed E-state index contributed by atoms with van der Waals surface area (Å²) in [6.07, 6.45) is 5.51. The molecule has 2 aromatic carbocycles. The molecule has 1 atom stereocenters. The maximum atomic E-state index is 13.1. The first-order valence-electron chi connectivity index (χ1n) is 10.6. The maximum absolute atomic E-state index is 13.1. The van der Waals surface area contributed by atoms with E-state index in [0.717, 1.165) is 40.2 Å². The molecule has 0 aliphatic heterocycles. The van der Waals surface area contributed by atoms with Crippen molar-refractivity contribution in [2.45, 2.75) is 57.7 Å². The molecule has 1 N–H and O–H groups in total. The Morgan fingerprint density at radius 3 is 2.45 bits per heavy atom. The molecular weight excluding hydrogens is 524 g/mol. The average molecular weight is 552 g/mol. The van der Waals surface area contributed by atoms with Gasteiger partial charge in [0.25, 0.3) is 5.91 Å². The number of carbonyl (C=O) groups excluding carboxylic acids is 2. The maximum Gasteiger partial charge on any atom is 0.261 e. The van der Waals surface area contributed by atoms with Crippen molar-refractivity contribution in [3.63, 3.8) is 0 Å². The highest BCUT2D eigenvalue weighted by Gasteiger charge is 2.28. The van der Waals surface area contributed by atoms with Crippen LogP contribution in [0.5, 0.6) is 5.75 Å². The molecule has 0 aromatic heterocycles. The zero-order valence-electron chi connectivity index (χ0n) is 17.7. The summed E-state index contributed by atoms with van der Waals surface area (Å²) in [6.45, 7) is 1.99. The average Bonchev–Trinajstić information content (AvgIpc) is 2.77. The minimum atomic E-state index is -0.595. The summed E-state index contributed by atoms with van der Waals surface area (Å²) in [6, 6.07) is 14.7. The largest absolute Gasteiger partial charge is 0.484 e. The van der Waals surface area contributed by atoms with Crippen molar-refractivity contribution in [1.29, 1.82) is 0 Å². The Kier molecular flexibility index (Phi) is 8.96. The van der Waals surface area contributed by atoms with E-state index in [4.69, 9.17) is 4.74 Å². The number of hydrogen-bond acceptors (Lipinski definition) is 3. The Labute approximate surface area is 200 Å². The number of carbonyl (C=O) groups is 2. The Balaban J connectivity index is 1.70. The quantitative estimate of drug-likeness (QED) is 0.474. The van der Waals surface area contributed by atoms with E-state index >= 15 is 0 Å². The van der Waals surface area contributed by atoms with Crippen LogP contribution in [0.15, 0.2) is 57.5 Å². The fourth-order valence-electron chi connectivity index (χ4n) is 3.74. The number of benzene rings is 2. The van der Waals surface area contributed by atoms with Crippen molar-refractivity contribution in [2.24, 2.45) is 0 Å². The number of nitrogens with one attached hydrogen (secondary N) is 1. The number of hydrogen-bond donors (Lipinski definition) is 1. The number of ether oxygens (including phenoxy) is 1. The minimum Gasteiger partial charge on any atom is -0.484 e. The van der Waals surface area contributed by atoms with E-state index in [1.165, 1.54) is 6.42 Å². The summed E-state index contributed by atoms with van der Waals surface area (Å²) in [5, 5.41) is 3.14. The van der Waals surface area contributed by atoms with Crippen molar-refractivity contribution in [3.8, 4) is 5.75 Å². The smallest absolute Gasteiger partial charge is 0.261 e. The summed E-state index contributed by atoms with van der Waals surface area (Å²) in [5.74, 6) is 0.270. The van der Waals surface area contributed by atoms with Crippen LogP contribution in [0, 0.1) is 0 Å². The monoisotopic (exact) mass is 550 g/mol. The first-order chi connectivity index (χ1) is 14.9. The van der Waals surface area contributed by atoms with Gasteiger partial charge in [-0.1, -0.05) is 63.3 Å². The van der Waals surface area contributed by atoms with Gasteiger partial charge < -0.3 is 15.0 Å². The topological polar surface area (TPSA) is 58.6 Å². The molecular formula is C24H28Br2N2O3. The van der Waals surface area contributed by atoms with Crippen LogP contribution in [-0.2, 0) is 16.1 Å². The summed E-state index contributed by atoms with van der Waals surface area (Å²) >= 11 is 6.86. The number of nitrogens with zero attached hydrogens (tertiary/aromatic N) is 1. The van der Waals surface area contributed by atoms with Crippen LogP contribution in [0.3, 0.4) is 0 Å². The molecule has 3 rings (SSSR count). The van der Waals surface area contributed by atoms with Gasteiger partial charge in [0.1, 0.15) is 11.8 Å². The first-order valence-corrected chi connectivity index (χ1v) is 12.2. The van der Waals surface area contributed by atoms with Crippen molar-refractivity contribution in [2.75, 3.05) is 6.61 Å². The van der Waals surface area contributed by atoms with Crippen LogP contribution < -0.4 is 10.1 Å². The molecule has 0 unspecified atom stereocenters. The van der Waals surface area contributed by atoms with Crippen molar-refractivity contribution < 1.29 is 14.3 Å². The standard InChI is InChI=1S/C24H28Br2N2O3/c1-17(24(30)27-21-8-3-2-4-9-21)28(15-18-6-5-7-20(26)14-18)23(29)16-31-22-12-10-19(25)11-13-22/h5-7,10-14,17,21H,2-4,8-9,15-16H2,1H3,(H,27,30)/t17-/m1/s1. The number of amides is 2. The highest BCUT2D eigenvalue weighted by atomic mass is 79.9. The van der Waals surface area contributed by atoms with Crippen molar-refractivity contribution in [3.05, 3.63) is 63.0 Å². The van der Waals surface area contributed by atoms with Crippen LogP contribution in [0.1, 0.15) is 44.6 Å². The third-order valence-electron chi connectivity index (χ3n) is 5.54. The highest BCUT2D eigenvalue weighted by Crippen LogP contribution is 2.20. The van der Waals surface area contributed by atoms with Gasteiger partial charge in [-0.2, -0.15) is 0 Å². The summed E-state index contributed by atoms with van der Waals surface area (Å²) < 4.78 is 7.57. The Morgan fingerprint density at radius 1 is 1.06 bits per heavy atom. The van der Waals surface area contributed by atoms with Gasteiger partial charge in [-0.25, -0.2) is 0 Å². The van der Waals surface area contributed by atoms with E-state index < -0.39 is 6.04 Å². The van der Waals surface area contributed by atoms with E-state index in [1.54, 1.807) is 24.0 Å². The van der Waals surface area contributed by atoms with E-state index in [1.807, 2.05) is 36.4 Å². The van der Waals surface area contributed by atoms with E-state index in [0.29, 0.717) is 12.3 Å². The number of halogens is 2. The van der Waals surface area contributed by atoms with E-state index in [-0.39, 0.29) is 24.5 Å². The van der Waals surface area contributed by atoms with Gasteiger partial charge >= 0.3 is 0 Å². The van der Waals surface area contributed by atoms with Crippen LogP contribution in [0.25, 0.3) is 0 Å². The number of rotatable bonds is 8. The molecule has 0 spiro atoms. The fraction of sp³-hybridized carbons (Fsp3) is 0.417. The molecule has 7 heteroatoms. The molecule has 0 bridgehead atoms. The molecule has 31 heavy (non-hydrogen) atoms. The Morgan fingerprint density at radius 2 is 1.77 bits per heavy atom. The molecule has 1 aliphatic rings. The van der Waals surface area contributed by atoms with Gasteiger partial charge in [0.15, 0.2) is 6.61 Å². The summed E-state index contributed by atoms with van der Waals surface area (Å²) in [7, 11) is 0. The molecule has 1 fully saturated rings. The third kappa shape index (κ3) is 7.35. The Hall–Kier alpha value is -1.86. The lowest BCUT2D eigenvalue weighted by molar-refractivity contribution is -0.142. The minimum absolute atomic E-state index is 0.112. The SMILES string of the molecule is C[C@H](C(=O)NC1CCCCC1)N(Cc1cccc(Br)c1)C(=O)COc1ccc(Br)cc1. The fourth-order valence-corrected chi connectivity index (χ4v) is 4.45. The van der Waals surface area contributed by atoms with Gasteiger partial charge in [0, 0.05) is 21.5 Å². The van der Waals surface area contributed by atoms with Crippen LogP contribution in [0.2, 0.25) is 0 Å². The lowest BCUT2D eigenvalue weighted by atomic mass is 9.95. The van der Waals surface area contributed by atoms with Crippen molar-refractivity contribution in [1.82, 2.24) is 10.2 Å². The van der Waals surface area contributed by atoms with Gasteiger partial charge in [0.05, 0.1) is 0 Å². The molecule has 1 aliphatic carbocycles. The Bertz CT molecular complexity index is 883. The van der Waals surface area contributed by atoms with Crippen LogP contribution in [0.4, 0.5) is 0 Å². The molecule has 166 valence electrons. The molecule has 2 amide bonds. The zero-order chi connectivity index (χ0) is 22.2. The molecule has 5 nitrogen and oxygen atoms in total. The van der Waals surface area contributed by atoms with Gasteiger partial charge in [0.2, 0.25) is 5.91 Å². The van der Waals surface area contributed by atoms with E-state index in [9.17, 15) is 9.59 Å². The highest BCUT2D eigenvalue weighted by molar-refractivity contribution is 9.10. The zero-order valence-corrected chi connectivity index (χ0v) is 20.8. The molecule has 0 heterocycles. The second kappa shape index (κ2) is 11.7. The lowest BCUT2D eigenvalue weighted by Gasteiger charge is -2.31. The first kappa shape index (κ1) is 23.8. The molecule has 0 saturated heterocycles. The van der Waals surface area contributed by atoms with Gasteiger partial charge in [-0.3, -0.25) is 9.59 Å². The van der Waals surface area contributed by atoms with Crippen molar-refractivity contribution >= 4 is 43.7 Å². The van der Waals surface area contributed by atoms with Gasteiger partial charge in [-0.15, -0.1) is 0 Å². The summed E-state index contributed by atoms with van der Waals surface area (Å²) in [4.78, 5) is 27.7.